The number of piperidine rings is 2. The fraction of sp³-hybridized carbons (Fsp3) is 0.700. The lowest BCUT2D eigenvalue weighted by atomic mass is 9.72. The first-order valence-electron chi connectivity index (χ1n) is 10.1. The highest BCUT2D eigenvalue weighted by molar-refractivity contribution is 5.87. The molecular weight excluding hydrogens is 358 g/mol. The van der Waals surface area contributed by atoms with Crippen molar-refractivity contribution in [3.8, 4) is 0 Å². The van der Waals surface area contributed by atoms with Gasteiger partial charge in [-0.25, -0.2) is 4.98 Å². The summed E-state index contributed by atoms with van der Waals surface area (Å²) in [7, 11) is 0. The Labute approximate surface area is 166 Å². The molecule has 2 aliphatic heterocycles. The van der Waals surface area contributed by atoms with Crippen molar-refractivity contribution in [2.75, 3.05) is 19.6 Å². The van der Waals surface area contributed by atoms with E-state index in [1.54, 1.807) is 12.5 Å². The molecule has 0 bridgehead atoms. The highest BCUT2D eigenvalue weighted by Gasteiger charge is 2.43. The summed E-state index contributed by atoms with van der Waals surface area (Å²) >= 11 is 0. The molecule has 0 saturated carbocycles. The minimum atomic E-state index is -0.591. The van der Waals surface area contributed by atoms with Crippen molar-refractivity contribution in [1.29, 1.82) is 0 Å². The van der Waals surface area contributed by atoms with E-state index < -0.39 is 6.04 Å². The molecule has 2 fully saturated rings. The molecule has 2 saturated heterocycles. The number of aromatic nitrogens is 2. The normalized spacial score (nSPS) is 20.5. The SMILES string of the molecule is CC(=O)N[C@@H](Cc1cnc[nH]1)C(=O)N1CCC2(CCC(=O)N(C(C)C)C2)CC1. The molecule has 0 aliphatic carbocycles. The van der Waals surface area contributed by atoms with Crippen LogP contribution in [0.4, 0.5) is 0 Å². The van der Waals surface area contributed by atoms with Crippen LogP contribution in [0.5, 0.6) is 0 Å². The second-order valence-corrected chi connectivity index (χ2v) is 8.47. The van der Waals surface area contributed by atoms with Crippen LogP contribution in [0.2, 0.25) is 0 Å². The first-order valence-corrected chi connectivity index (χ1v) is 10.1. The second-order valence-electron chi connectivity index (χ2n) is 8.47. The molecule has 8 heteroatoms. The lowest BCUT2D eigenvalue weighted by Gasteiger charge is -2.48. The summed E-state index contributed by atoms with van der Waals surface area (Å²) in [6.45, 7) is 7.66. The summed E-state index contributed by atoms with van der Waals surface area (Å²) in [5.41, 5.74) is 0.931. The molecule has 0 radical (unpaired) electrons. The van der Waals surface area contributed by atoms with Crippen LogP contribution in [-0.4, -0.2) is 69.2 Å². The quantitative estimate of drug-likeness (QED) is 0.788. The van der Waals surface area contributed by atoms with Gasteiger partial charge in [-0.2, -0.15) is 0 Å². The average Bonchev–Trinajstić information content (AvgIpc) is 3.16. The zero-order valence-electron chi connectivity index (χ0n) is 17.0. The van der Waals surface area contributed by atoms with E-state index in [1.165, 1.54) is 6.92 Å². The number of rotatable bonds is 5. The third-order valence-corrected chi connectivity index (χ3v) is 6.11. The van der Waals surface area contributed by atoms with Gasteiger partial charge in [0.2, 0.25) is 17.7 Å². The van der Waals surface area contributed by atoms with E-state index in [-0.39, 0.29) is 29.2 Å². The van der Waals surface area contributed by atoms with Crippen molar-refractivity contribution in [1.82, 2.24) is 25.1 Å². The Morgan fingerprint density at radius 2 is 2.00 bits per heavy atom. The number of amides is 3. The van der Waals surface area contributed by atoms with Gasteiger partial charge in [0, 0.05) is 57.3 Å². The summed E-state index contributed by atoms with van der Waals surface area (Å²) in [5.74, 6) is -0.0265. The lowest BCUT2D eigenvalue weighted by molar-refractivity contribution is -0.145. The minimum Gasteiger partial charge on any atom is -0.348 e. The maximum Gasteiger partial charge on any atom is 0.245 e. The van der Waals surface area contributed by atoms with E-state index in [9.17, 15) is 14.4 Å². The first kappa shape index (κ1) is 20.4. The van der Waals surface area contributed by atoms with Crippen molar-refractivity contribution >= 4 is 17.7 Å². The monoisotopic (exact) mass is 389 g/mol. The number of nitrogens with one attached hydrogen (secondary N) is 2. The number of carbonyl (C=O) groups excluding carboxylic acids is 3. The van der Waals surface area contributed by atoms with Crippen LogP contribution in [-0.2, 0) is 20.8 Å². The predicted octanol–water partition coefficient (Wildman–Crippen LogP) is 1.10. The third kappa shape index (κ3) is 4.54. The Balaban J connectivity index is 1.63. The van der Waals surface area contributed by atoms with Crippen molar-refractivity contribution in [2.24, 2.45) is 5.41 Å². The molecule has 154 valence electrons. The van der Waals surface area contributed by atoms with Crippen LogP contribution in [0.3, 0.4) is 0 Å². The number of hydrogen-bond acceptors (Lipinski definition) is 4. The van der Waals surface area contributed by atoms with E-state index in [0.717, 1.165) is 31.5 Å². The van der Waals surface area contributed by atoms with Crippen molar-refractivity contribution in [3.63, 3.8) is 0 Å². The average molecular weight is 390 g/mol. The fourth-order valence-corrected chi connectivity index (χ4v) is 4.41. The van der Waals surface area contributed by atoms with E-state index in [4.69, 9.17) is 0 Å². The second kappa shape index (κ2) is 8.32. The number of imidazole rings is 1. The molecule has 2 N–H and O–H groups in total. The van der Waals surface area contributed by atoms with Crippen LogP contribution in [0.1, 0.15) is 52.1 Å². The Bertz CT molecular complexity index is 707. The molecule has 1 spiro atoms. The summed E-state index contributed by atoms with van der Waals surface area (Å²) in [5, 5.41) is 2.78. The van der Waals surface area contributed by atoms with Gasteiger partial charge in [0.25, 0.3) is 0 Å². The molecule has 2 aliphatic rings. The molecule has 0 unspecified atom stereocenters. The molecular formula is C20H31N5O3. The van der Waals surface area contributed by atoms with E-state index in [2.05, 4.69) is 29.1 Å². The van der Waals surface area contributed by atoms with Gasteiger partial charge in [-0.1, -0.05) is 0 Å². The highest BCUT2D eigenvalue weighted by Crippen LogP contribution is 2.40. The van der Waals surface area contributed by atoms with Crippen LogP contribution in [0, 0.1) is 5.41 Å². The minimum absolute atomic E-state index is 0.0488. The summed E-state index contributed by atoms with van der Waals surface area (Å²) < 4.78 is 0. The Morgan fingerprint density at radius 1 is 1.29 bits per heavy atom. The van der Waals surface area contributed by atoms with Gasteiger partial charge in [0.05, 0.1) is 6.33 Å². The van der Waals surface area contributed by atoms with Crippen molar-refractivity contribution < 1.29 is 14.4 Å². The van der Waals surface area contributed by atoms with Crippen molar-refractivity contribution in [3.05, 3.63) is 18.2 Å². The molecule has 3 amide bonds. The number of aromatic amines is 1. The zero-order valence-corrected chi connectivity index (χ0v) is 17.0. The summed E-state index contributed by atoms with van der Waals surface area (Å²) in [4.78, 5) is 47.7. The highest BCUT2D eigenvalue weighted by atomic mass is 16.2. The number of nitrogens with zero attached hydrogens (tertiary/aromatic N) is 3. The molecule has 8 nitrogen and oxygen atoms in total. The molecule has 3 heterocycles. The Morgan fingerprint density at radius 3 is 2.57 bits per heavy atom. The molecule has 1 atom stereocenters. The van der Waals surface area contributed by atoms with Crippen molar-refractivity contribution in [2.45, 2.75) is 65.0 Å². The van der Waals surface area contributed by atoms with Gasteiger partial charge in [0.15, 0.2) is 0 Å². The van der Waals surface area contributed by atoms with Gasteiger partial charge in [-0.15, -0.1) is 0 Å². The molecule has 0 aromatic carbocycles. The fourth-order valence-electron chi connectivity index (χ4n) is 4.41. The number of H-pyrrole nitrogens is 1. The van der Waals surface area contributed by atoms with Crippen LogP contribution >= 0.6 is 0 Å². The topological polar surface area (TPSA) is 98.4 Å². The van der Waals surface area contributed by atoms with E-state index in [1.807, 2.05) is 9.80 Å². The number of carbonyl (C=O) groups is 3. The number of likely N-dealkylation sites (tertiary alicyclic amines) is 2. The lowest BCUT2D eigenvalue weighted by Crippen LogP contribution is -2.56. The molecule has 1 aromatic rings. The maximum absolute atomic E-state index is 13.1. The zero-order chi connectivity index (χ0) is 20.3. The molecule has 3 rings (SSSR count). The smallest absolute Gasteiger partial charge is 0.245 e. The first-order chi connectivity index (χ1) is 13.3. The third-order valence-electron chi connectivity index (χ3n) is 6.11. The van der Waals surface area contributed by atoms with E-state index >= 15 is 0 Å². The van der Waals surface area contributed by atoms with E-state index in [0.29, 0.717) is 25.9 Å². The van der Waals surface area contributed by atoms with Gasteiger partial charge < -0.3 is 20.1 Å². The summed E-state index contributed by atoms with van der Waals surface area (Å²) in [6.07, 6.45) is 6.93. The van der Waals surface area contributed by atoms with Crippen LogP contribution < -0.4 is 5.32 Å². The van der Waals surface area contributed by atoms with Gasteiger partial charge in [-0.05, 0) is 38.5 Å². The molecule has 28 heavy (non-hydrogen) atoms. The van der Waals surface area contributed by atoms with Gasteiger partial charge >= 0.3 is 0 Å². The van der Waals surface area contributed by atoms with Crippen LogP contribution in [0.25, 0.3) is 0 Å². The molecule has 1 aromatic heterocycles. The number of hydrogen-bond donors (Lipinski definition) is 2. The standard InChI is InChI=1S/C20H31N5O3/c1-14(2)25-12-20(5-4-18(25)27)6-8-24(9-7-20)19(28)17(23-15(3)26)10-16-11-21-13-22-16/h11,13-14,17H,4-10,12H2,1-3H3,(H,21,22)(H,23,26)/t17-/m0/s1. The Hall–Kier alpha value is -2.38. The van der Waals surface area contributed by atoms with Gasteiger partial charge in [0.1, 0.15) is 6.04 Å². The maximum atomic E-state index is 13.1. The largest absolute Gasteiger partial charge is 0.348 e. The Kier molecular flexibility index (Phi) is 6.05. The van der Waals surface area contributed by atoms with Crippen LogP contribution in [0.15, 0.2) is 12.5 Å². The van der Waals surface area contributed by atoms with Gasteiger partial charge in [-0.3, -0.25) is 14.4 Å². The predicted molar refractivity (Wildman–Crippen MR) is 104 cm³/mol. The summed E-state index contributed by atoms with van der Waals surface area (Å²) in [6, 6.07) is -0.380.